The molecule has 0 bridgehead atoms. The standard InChI is InChI=1S/C28H30GeN3/c1-16(2)19-9-8-10-22-25(19)20-12-11-17(3)24-27(20)32(22)23-14-18(29(4,5)6)13-21-26(23)28(24)31(7)15-30-21/h8-16H,1-7H3/q+1. The Morgan fingerprint density at radius 1 is 0.938 bits per heavy atom. The van der Waals surface area contributed by atoms with Crippen molar-refractivity contribution in [3.8, 4) is 0 Å². The maximum absolute atomic E-state index is 4.91. The number of nitrogens with zero attached hydrogens (tertiary/aromatic N) is 3. The first-order chi connectivity index (χ1) is 15.2. The topological polar surface area (TPSA) is 21.2 Å². The molecule has 6 rings (SSSR count). The van der Waals surface area contributed by atoms with Crippen molar-refractivity contribution < 1.29 is 4.57 Å². The summed E-state index contributed by atoms with van der Waals surface area (Å²) >= 11 is -2.08. The van der Waals surface area contributed by atoms with Gasteiger partial charge in [0, 0.05) is 0 Å². The van der Waals surface area contributed by atoms with E-state index >= 15 is 0 Å². The number of fused-ring (bicyclic) bond motifs is 5. The van der Waals surface area contributed by atoms with Gasteiger partial charge in [0.1, 0.15) is 0 Å². The molecule has 32 heavy (non-hydrogen) atoms. The average molecular weight is 481 g/mol. The molecule has 0 aliphatic heterocycles. The monoisotopic (exact) mass is 482 g/mol. The van der Waals surface area contributed by atoms with Crippen LogP contribution in [0.3, 0.4) is 0 Å². The Morgan fingerprint density at radius 3 is 2.44 bits per heavy atom. The Hall–Kier alpha value is -2.66. The zero-order valence-corrected chi connectivity index (χ0v) is 22.1. The van der Waals surface area contributed by atoms with Gasteiger partial charge in [-0.2, -0.15) is 0 Å². The van der Waals surface area contributed by atoms with Crippen LogP contribution in [0.1, 0.15) is 30.9 Å². The summed E-state index contributed by atoms with van der Waals surface area (Å²) in [6.07, 6.45) is 2.00. The molecule has 3 heterocycles. The molecular formula is C28H30GeN3+. The summed E-state index contributed by atoms with van der Waals surface area (Å²) in [7, 11) is 2.14. The van der Waals surface area contributed by atoms with Crippen LogP contribution in [0.2, 0.25) is 17.3 Å². The number of hydrogen-bond acceptors (Lipinski definition) is 1. The molecule has 0 aliphatic carbocycles. The molecule has 160 valence electrons. The van der Waals surface area contributed by atoms with Gasteiger partial charge in [-0.05, 0) is 0 Å². The third-order valence-electron chi connectivity index (χ3n) is 7.22. The Kier molecular flexibility index (Phi) is 4.02. The van der Waals surface area contributed by atoms with Crippen molar-refractivity contribution in [3.63, 3.8) is 0 Å². The minimum atomic E-state index is -2.08. The second kappa shape index (κ2) is 6.44. The van der Waals surface area contributed by atoms with E-state index in [1.165, 1.54) is 59.1 Å². The van der Waals surface area contributed by atoms with E-state index in [2.05, 4.69) is 96.5 Å². The van der Waals surface area contributed by atoms with Crippen LogP contribution in [0.5, 0.6) is 0 Å². The summed E-state index contributed by atoms with van der Waals surface area (Å²) in [5.74, 6) is 7.88. The van der Waals surface area contributed by atoms with Crippen LogP contribution in [0.4, 0.5) is 0 Å². The van der Waals surface area contributed by atoms with E-state index in [4.69, 9.17) is 4.98 Å². The van der Waals surface area contributed by atoms with Gasteiger partial charge in [0.2, 0.25) is 0 Å². The van der Waals surface area contributed by atoms with Crippen molar-refractivity contribution >= 4 is 66.8 Å². The van der Waals surface area contributed by atoms with Crippen molar-refractivity contribution in [3.05, 3.63) is 59.9 Å². The van der Waals surface area contributed by atoms with Gasteiger partial charge < -0.3 is 0 Å². The van der Waals surface area contributed by atoms with Gasteiger partial charge in [0.05, 0.1) is 0 Å². The van der Waals surface area contributed by atoms with Crippen LogP contribution in [-0.2, 0) is 7.05 Å². The van der Waals surface area contributed by atoms with Crippen LogP contribution < -0.4 is 8.96 Å². The third-order valence-corrected chi connectivity index (χ3v) is 11.5. The number of aromatic nitrogens is 3. The molecular weight excluding hydrogens is 451 g/mol. The van der Waals surface area contributed by atoms with Crippen LogP contribution in [0, 0.1) is 6.92 Å². The molecule has 0 fully saturated rings. The number of benzene rings is 3. The maximum atomic E-state index is 4.91. The van der Waals surface area contributed by atoms with Gasteiger partial charge in [-0.25, -0.2) is 0 Å². The fourth-order valence-electron chi connectivity index (χ4n) is 5.56. The first-order valence-corrected chi connectivity index (χ1v) is 18.9. The fourth-order valence-corrected chi connectivity index (χ4v) is 7.95. The van der Waals surface area contributed by atoms with E-state index in [1.807, 2.05) is 6.33 Å². The quantitative estimate of drug-likeness (QED) is 0.125. The summed E-state index contributed by atoms with van der Waals surface area (Å²) in [5.41, 5.74) is 9.12. The zero-order chi connectivity index (χ0) is 22.5. The van der Waals surface area contributed by atoms with Crippen LogP contribution in [0.25, 0.3) is 49.1 Å². The van der Waals surface area contributed by atoms with Gasteiger partial charge in [-0.15, -0.1) is 0 Å². The molecule has 0 saturated carbocycles. The number of hydrogen-bond donors (Lipinski definition) is 0. The van der Waals surface area contributed by atoms with Gasteiger partial charge in [0.25, 0.3) is 0 Å². The molecule has 4 heteroatoms. The Balaban J connectivity index is 2.05. The van der Waals surface area contributed by atoms with Crippen LogP contribution >= 0.6 is 0 Å². The second-order valence-electron chi connectivity index (χ2n) is 10.7. The first-order valence-electron chi connectivity index (χ1n) is 11.6. The second-order valence-corrected chi connectivity index (χ2v) is 21.4. The molecule has 0 amide bonds. The van der Waals surface area contributed by atoms with Crippen LogP contribution in [0.15, 0.2) is 48.8 Å². The van der Waals surface area contributed by atoms with Crippen molar-refractivity contribution in [2.45, 2.75) is 44.0 Å². The predicted octanol–water partition coefficient (Wildman–Crippen LogP) is 6.19. The van der Waals surface area contributed by atoms with E-state index in [1.54, 1.807) is 0 Å². The molecule has 6 aromatic rings. The Labute approximate surface area is 191 Å². The summed E-state index contributed by atoms with van der Waals surface area (Å²) in [6, 6.07) is 16.3. The molecule has 0 unspecified atom stereocenters. The van der Waals surface area contributed by atoms with Crippen molar-refractivity contribution in [2.24, 2.45) is 7.05 Å². The molecule has 0 spiro atoms. The average Bonchev–Trinajstić information content (AvgIpc) is 3.08. The predicted molar refractivity (Wildman–Crippen MR) is 139 cm³/mol. The molecule has 0 radical (unpaired) electrons. The Bertz CT molecular complexity index is 1700. The normalized spacial score (nSPS) is 13.1. The first kappa shape index (κ1) is 20.0. The molecule has 0 aliphatic rings. The van der Waals surface area contributed by atoms with Gasteiger partial charge in [-0.3, -0.25) is 0 Å². The molecule has 0 N–H and O–H groups in total. The number of pyridine rings is 1. The summed E-state index contributed by atoms with van der Waals surface area (Å²) in [5, 5.41) is 5.39. The zero-order valence-electron chi connectivity index (χ0n) is 20.0. The van der Waals surface area contributed by atoms with Gasteiger partial charge in [-0.1, -0.05) is 0 Å². The van der Waals surface area contributed by atoms with E-state index < -0.39 is 13.3 Å². The molecule has 0 saturated heterocycles. The van der Waals surface area contributed by atoms with Crippen molar-refractivity contribution in [1.29, 1.82) is 0 Å². The van der Waals surface area contributed by atoms with E-state index in [9.17, 15) is 0 Å². The van der Waals surface area contributed by atoms with Gasteiger partial charge >= 0.3 is 192 Å². The third kappa shape index (κ3) is 2.49. The van der Waals surface area contributed by atoms with E-state index in [0.29, 0.717) is 5.92 Å². The van der Waals surface area contributed by atoms with E-state index in [0.717, 1.165) is 5.52 Å². The number of rotatable bonds is 2. The Morgan fingerprint density at radius 2 is 1.72 bits per heavy atom. The number of aryl methyl sites for hydroxylation is 2. The SMILES string of the molecule is Cc1ccc2c3c(C(C)C)cccc3n3c4c[c]([Ge]([CH3])([CH3])[CH3])cc5nc[n+](C)c(c1c23)c54. The minimum absolute atomic E-state index is 0.472. The summed E-state index contributed by atoms with van der Waals surface area (Å²) in [6.45, 7) is 6.85. The molecule has 0 atom stereocenters. The summed E-state index contributed by atoms with van der Waals surface area (Å²) < 4.78 is 6.27. The van der Waals surface area contributed by atoms with Crippen molar-refractivity contribution in [1.82, 2.24) is 9.38 Å². The summed E-state index contributed by atoms with van der Waals surface area (Å²) in [4.78, 5) is 4.91. The molecule has 3 aromatic carbocycles. The van der Waals surface area contributed by atoms with Gasteiger partial charge in [0.15, 0.2) is 0 Å². The van der Waals surface area contributed by atoms with Crippen LogP contribution in [-0.4, -0.2) is 22.7 Å². The van der Waals surface area contributed by atoms with Crippen molar-refractivity contribution in [2.75, 3.05) is 0 Å². The van der Waals surface area contributed by atoms with E-state index in [-0.39, 0.29) is 0 Å². The fraction of sp³-hybridized carbons (Fsp3) is 0.286. The molecule has 3 nitrogen and oxygen atoms in total. The molecule has 3 aromatic heterocycles.